The van der Waals surface area contributed by atoms with Crippen molar-refractivity contribution in [3.8, 4) is 22.5 Å². The molecule has 7 heteroatoms. The van der Waals surface area contributed by atoms with Gasteiger partial charge >= 0.3 is 0 Å². The Morgan fingerprint density at radius 3 is 2.89 bits per heavy atom. The minimum atomic E-state index is -0.423. The molecule has 0 aliphatic rings. The smallest absolute Gasteiger partial charge is 0.180 e. The van der Waals surface area contributed by atoms with Crippen LogP contribution >= 0.6 is 11.6 Å². The molecule has 0 radical (unpaired) electrons. The third-order valence-electron chi connectivity index (χ3n) is 2.68. The van der Waals surface area contributed by atoms with Gasteiger partial charge in [0, 0.05) is 11.8 Å². The largest absolute Gasteiger partial charge is 0.380 e. The Balaban J connectivity index is 2.22. The third kappa shape index (κ3) is 1.96. The van der Waals surface area contributed by atoms with Crippen LogP contribution in [0.2, 0.25) is 5.02 Å². The lowest BCUT2D eigenvalue weighted by Gasteiger charge is -2.04. The van der Waals surface area contributed by atoms with Crippen molar-refractivity contribution >= 4 is 17.4 Å². The molecular weight excluding hydrogens is 271 g/mol. The monoisotopic (exact) mass is 278 g/mol. The summed E-state index contributed by atoms with van der Waals surface area (Å²) in [6, 6.07) is 4.04. The fourth-order valence-corrected chi connectivity index (χ4v) is 2.09. The molecule has 1 aromatic carbocycles. The van der Waals surface area contributed by atoms with Crippen LogP contribution in [0.5, 0.6) is 0 Å². The van der Waals surface area contributed by atoms with Crippen LogP contribution < -0.4 is 5.73 Å². The lowest BCUT2D eigenvalue weighted by atomic mass is 10.0. The van der Waals surface area contributed by atoms with Crippen molar-refractivity contribution in [1.29, 1.82) is 0 Å². The van der Waals surface area contributed by atoms with E-state index in [2.05, 4.69) is 15.4 Å². The fraction of sp³-hybridized carbons (Fsp3) is 0. The number of nitrogens with one attached hydrogen (secondary N) is 1. The van der Waals surface area contributed by atoms with Gasteiger partial charge in [0.05, 0.1) is 22.3 Å². The van der Waals surface area contributed by atoms with E-state index in [1.807, 2.05) is 0 Å². The normalized spacial score (nSPS) is 10.8. The first kappa shape index (κ1) is 11.7. The Morgan fingerprint density at radius 1 is 1.37 bits per heavy atom. The number of aromatic nitrogens is 3. The second-order valence-electron chi connectivity index (χ2n) is 3.88. The van der Waals surface area contributed by atoms with Gasteiger partial charge in [-0.3, -0.25) is 5.10 Å². The standard InChI is InChI=1S/C12H8ClFN4O/c13-9-3-7(14)1-2-8(9)10-11(19-18-12(10)15)6-4-16-17-5-6/h1-5H,(H2,15,18)(H,16,17). The van der Waals surface area contributed by atoms with Gasteiger partial charge in [-0.15, -0.1) is 0 Å². The average molecular weight is 279 g/mol. The van der Waals surface area contributed by atoms with Gasteiger partial charge in [0.25, 0.3) is 0 Å². The van der Waals surface area contributed by atoms with E-state index in [0.29, 0.717) is 22.5 Å². The van der Waals surface area contributed by atoms with Crippen LogP contribution in [0.15, 0.2) is 35.1 Å². The highest BCUT2D eigenvalue weighted by molar-refractivity contribution is 6.33. The zero-order valence-electron chi connectivity index (χ0n) is 9.52. The minimum Gasteiger partial charge on any atom is -0.380 e. The number of benzene rings is 1. The second kappa shape index (κ2) is 4.40. The van der Waals surface area contributed by atoms with Crippen molar-refractivity contribution in [2.45, 2.75) is 0 Å². The first-order chi connectivity index (χ1) is 9.16. The molecule has 0 fully saturated rings. The Kier molecular flexibility index (Phi) is 2.72. The van der Waals surface area contributed by atoms with Gasteiger partial charge < -0.3 is 10.3 Å². The molecule has 0 aliphatic heterocycles. The summed E-state index contributed by atoms with van der Waals surface area (Å²) in [5, 5.41) is 10.5. The van der Waals surface area contributed by atoms with Crippen LogP contribution in [-0.4, -0.2) is 15.4 Å². The summed E-state index contributed by atoms with van der Waals surface area (Å²) < 4.78 is 18.3. The molecule has 0 bridgehead atoms. The molecule has 0 amide bonds. The number of anilines is 1. The zero-order chi connectivity index (χ0) is 13.4. The van der Waals surface area contributed by atoms with Gasteiger partial charge in [0.15, 0.2) is 11.6 Å². The molecule has 5 nitrogen and oxygen atoms in total. The molecule has 2 aromatic heterocycles. The van der Waals surface area contributed by atoms with Gasteiger partial charge in [-0.2, -0.15) is 5.10 Å². The van der Waals surface area contributed by atoms with E-state index < -0.39 is 5.82 Å². The Labute approximate surface area is 112 Å². The number of nitrogens with zero attached hydrogens (tertiary/aromatic N) is 2. The van der Waals surface area contributed by atoms with E-state index in [0.717, 1.165) is 0 Å². The fourth-order valence-electron chi connectivity index (χ4n) is 1.83. The SMILES string of the molecule is Nc1noc(-c2cn[nH]c2)c1-c1ccc(F)cc1Cl. The van der Waals surface area contributed by atoms with Crippen LogP contribution in [0.4, 0.5) is 10.2 Å². The maximum Gasteiger partial charge on any atom is 0.180 e. The molecule has 3 aromatic rings. The summed E-state index contributed by atoms with van der Waals surface area (Å²) in [7, 11) is 0. The van der Waals surface area contributed by atoms with Crippen molar-refractivity contribution in [2.75, 3.05) is 5.73 Å². The lowest BCUT2D eigenvalue weighted by Crippen LogP contribution is -1.90. The molecule has 0 aliphatic carbocycles. The summed E-state index contributed by atoms with van der Waals surface area (Å²) >= 11 is 6.04. The molecule has 19 heavy (non-hydrogen) atoms. The molecule has 0 atom stereocenters. The summed E-state index contributed by atoms with van der Waals surface area (Å²) in [5.74, 6) is 0.193. The van der Waals surface area contributed by atoms with Gasteiger partial charge in [0.1, 0.15) is 5.82 Å². The summed E-state index contributed by atoms with van der Waals surface area (Å²) in [4.78, 5) is 0. The van der Waals surface area contributed by atoms with Gasteiger partial charge in [0.2, 0.25) is 0 Å². The van der Waals surface area contributed by atoms with Crippen molar-refractivity contribution in [3.63, 3.8) is 0 Å². The molecular formula is C12H8ClFN4O. The van der Waals surface area contributed by atoms with E-state index in [-0.39, 0.29) is 10.8 Å². The predicted octanol–water partition coefficient (Wildman–Crippen LogP) is 3.11. The minimum absolute atomic E-state index is 0.185. The first-order valence-corrected chi connectivity index (χ1v) is 5.74. The van der Waals surface area contributed by atoms with Crippen molar-refractivity contribution in [2.24, 2.45) is 0 Å². The molecule has 0 spiro atoms. The second-order valence-corrected chi connectivity index (χ2v) is 4.29. The molecule has 0 saturated carbocycles. The summed E-state index contributed by atoms with van der Waals surface area (Å²) in [5.41, 5.74) is 7.55. The number of aromatic amines is 1. The van der Waals surface area contributed by atoms with E-state index >= 15 is 0 Å². The number of hydrogen-bond donors (Lipinski definition) is 2. The highest BCUT2D eigenvalue weighted by Crippen LogP contribution is 2.39. The predicted molar refractivity (Wildman–Crippen MR) is 68.9 cm³/mol. The summed E-state index contributed by atoms with van der Waals surface area (Å²) in [6.45, 7) is 0. The van der Waals surface area contributed by atoms with Gasteiger partial charge in [-0.05, 0) is 18.2 Å². The molecule has 0 saturated heterocycles. The Bertz CT molecular complexity index is 723. The highest BCUT2D eigenvalue weighted by Gasteiger charge is 2.20. The van der Waals surface area contributed by atoms with Crippen LogP contribution in [-0.2, 0) is 0 Å². The molecule has 3 rings (SSSR count). The lowest BCUT2D eigenvalue weighted by molar-refractivity contribution is 0.436. The Hall–Kier alpha value is -2.34. The number of hydrogen-bond acceptors (Lipinski definition) is 4. The number of halogens is 2. The van der Waals surface area contributed by atoms with E-state index in [1.54, 1.807) is 12.4 Å². The maximum atomic E-state index is 13.1. The molecule has 3 N–H and O–H groups in total. The highest BCUT2D eigenvalue weighted by atomic mass is 35.5. The maximum absolute atomic E-state index is 13.1. The average Bonchev–Trinajstić information content (AvgIpc) is 2.99. The van der Waals surface area contributed by atoms with E-state index in [9.17, 15) is 4.39 Å². The topological polar surface area (TPSA) is 80.7 Å². The van der Waals surface area contributed by atoms with E-state index in [1.165, 1.54) is 18.2 Å². The summed E-state index contributed by atoms with van der Waals surface area (Å²) in [6.07, 6.45) is 3.21. The van der Waals surface area contributed by atoms with Crippen LogP contribution in [0.25, 0.3) is 22.5 Å². The van der Waals surface area contributed by atoms with E-state index in [4.69, 9.17) is 21.9 Å². The van der Waals surface area contributed by atoms with Crippen molar-refractivity contribution < 1.29 is 8.91 Å². The van der Waals surface area contributed by atoms with Crippen LogP contribution in [0.3, 0.4) is 0 Å². The Morgan fingerprint density at radius 2 is 2.21 bits per heavy atom. The third-order valence-corrected chi connectivity index (χ3v) is 2.99. The van der Waals surface area contributed by atoms with Crippen molar-refractivity contribution in [1.82, 2.24) is 15.4 Å². The van der Waals surface area contributed by atoms with Gasteiger partial charge in [-0.1, -0.05) is 16.8 Å². The van der Waals surface area contributed by atoms with Crippen molar-refractivity contribution in [3.05, 3.63) is 41.4 Å². The number of nitrogen functional groups attached to an aromatic ring is 1. The first-order valence-electron chi connectivity index (χ1n) is 5.36. The quantitative estimate of drug-likeness (QED) is 0.755. The number of H-pyrrole nitrogens is 1. The molecule has 2 heterocycles. The number of nitrogens with two attached hydrogens (primary N) is 1. The zero-order valence-corrected chi connectivity index (χ0v) is 10.3. The van der Waals surface area contributed by atoms with Crippen LogP contribution in [0.1, 0.15) is 0 Å². The molecule has 0 unspecified atom stereocenters. The van der Waals surface area contributed by atoms with Gasteiger partial charge in [-0.25, -0.2) is 4.39 Å². The van der Waals surface area contributed by atoms with Crippen LogP contribution in [0, 0.1) is 5.82 Å². The number of rotatable bonds is 2. The molecule has 96 valence electrons.